The Bertz CT molecular complexity index is 796. The van der Waals surface area contributed by atoms with E-state index in [9.17, 15) is 4.79 Å². The zero-order valence-electron chi connectivity index (χ0n) is 16.3. The van der Waals surface area contributed by atoms with Crippen molar-refractivity contribution in [2.75, 3.05) is 0 Å². The predicted molar refractivity (Wildman–Crippen MR) is 109 cm³/mol. The molecule has 0 aliphatic heterocycles. The highest BCUT2D eigenvalue weighted by Crippen LogP contribution is 2.41. The summed E-state index contributed by atoms with van der Waals surface area (Å²) in [6.07, 6.45) is 7.73. The van der Waals surface area contributed by atoms with E-state index in [0.717, 1.165) is 37.7 Å². The van der Waals surface area contributed by atoms with Crippen LogP contribution < -0.4 is 0 Å². The van der Waals surface area contributed by atoms with Crippen LogP contribution in [0.4, 0.5) is 0 Å². The van der Waals surface area contributed by atoms with Crippen molar-refractivity contribution in [1.82, 2.24) is 0 Å². The van der Waals surface area contributed by atoms with E-state index in [0.29, 0.717) is 12.3 Å². The third kappa shape index (κ3) is 4.17. The highest BCUT2D eigenvalue weighted by Gasteiger charge is 2.24. The summed E-state index contributed by atoms with van der Waals surface area (Å²) in [4.78, 5) is 12.4. The molecule has 0 aromatic heterocycles. The second-order valence-electron chi connectivity index (χ2n) is 7.74. The molecule has 138 valence electrons. The number of hydrogen-bond donors (Lipinski definition) is 0. The third-order valence-electron chi connectivity index (χ3n) is 5.16. The van der Waals surface area contributed by atoms with Gasteiger partial charge >= 0.3 is 5.97 Å². The molecule has 0 saturated heterocycles. The molecule has 2 nitrogen and oxygen atoms in total. The molecule has 2 aromatic rings. The van der Waals surface area contributed by atoms with Crippen LogP contribution in [0.3, 0.4) is 0 Å². The van der Waals surface area contributed by atoms with E-state index in [1.54, 1.807) is 0 Å². The molecule has 0 heterocycles. The van der Waals surface area contributed by atoms with Crippen LogP contribution in [-0.4, -0.2) is 5.97 Å². The topological polar surface area (TPSA) is 26.3 Å². The van der Waals surface area contributed by atoms with Crippen LogP contribution in [0.2, 0.25) is 0 Å². The lowest BCUT2D eigenvalue weighted by Crippen LogP contribution is -2.13. The Balaban J connectivity index is 1.86. The Labute approximate surface area is 157 Å². The summed E-state index contributed by atoms with van der Waals surface area (Å²) >= 11 is 0. The van der Waals surface area contributed by atoms with Gasteiger partial charge in [0, 0.05) is 12.0 Å². The summed E-state index contributed by atoms with van der Waals surface area (Å²) in [5.41, 5.74) is 3.74. The number of unbranched alkanes of at least 4 members (excludes halogenated alkanes) is 1. The lowest BCUT2D eigenvalue weighted by Gasteiger charge is -2.25. The number of ether oxygens (including phenoxy) is 1. The minimum absolute atomic E-state index is 0.0851. The van der Waals surface area contributed by atoms with Crippen molar-refractivity contribution in [2.45, 2.75) is 65.4 Å². The molecular weight excluding hydrogens is 320 g/mol. The summed E-state index contributed by atoms with van der Waals surface area (Å²) in [5, 5.41) is 2.48. The van der Waals surface area contributed by atoms with E-state index >= 15 is 0 Å². The Morgan fingerprint density at radius 3 is 2.62 bits per heavy atom. The maximum atomic E-state index is 12.4. The lowest BCUT2D eigenvalue weighted by molar-refractivity contribution is -0.147. The van der Waals surface area contributed by atoms with Crippen molar-refractivity contribution in [1.29, 1.82) is 0 Å². The van der Waals surface area contributed by atoms with Gasteiger partial charge in [0.1, 0.15) is 6.10 Å². The van der Waals surface area contributed by atoms with E-state index in [4.69, 9.17) is 4.74 Å². The van der Waals surface area contributed by atoms with Gasteiger partial charge in [-0.15, -0.1) is 0 Å². The molecular formula is C24H30O2. The molecule has 0 radical (unpaired) electrons. The van der Waals surface area contributed by atoms with Crippen LogP contribution in [0.15, 0.2) is 42.5 Å². The first-order valence-corrected chi connectivity index (χ1v) is 10.0. The van der Waals surface area contributed by atoms with Gasteiger partial charge in [-0.1, -0.05) is 70.0 Å². The largest absolute Gasteiger partial charge is 0.453 e. The third-order valence-corrected chi connectivity index (χ3v) is 5.16. The highest BCUT2D eigenvalue weighted by molar-refractivity contribution is 5.98. The fraction of sp³-hybridized carbons (Fsp3) is 0.458. The predicted octanol–water partition coefficient (Wildman–Crippen LogP) is 6.84. The van der Waals surface area contributed by atoms with Gasteiger partial charge in [0.2, 0.25) is 0 Å². The van der Waals surface area contributed by atoms with Crippen LogP contribution in [-0.2, 0) is 9.53 Å². The van der Waals surface area contributed by atoms with Crippen LogP contribution in [0.5, 0.6) is 0 Å². The zero-order chi connectivity index (χ0) is 18.5. The zero-order valence-corrected chi connectivity index (χ0v) is 16.3. The molecule has 1 aliphatic carbocycles. The Kier molecular flexibility index (Phi) is 6.13. The normalized spacial score (nSPS) is 16.0. The SMILES string of the molecule is CCCCC1=CC(OC(=O)CCCC(C)C)c2cccc3cccc1c23. The Hall–Kier alpha value is -2.09. The summed E-state index contributed by atoms with van der Waals surface area (Å²) in [6.45, 7) is 6.59. The van der Waals surface area contributed by atoms with Gasteiger partial charge in [-0.2, -0.15) is 0 Å². The molecule has 2 heteroatoms. The van der Waals surface area contributed by atoms with Gasteiger partial charge in [0.25, 0.3) is 0 Å². The minimum Gasteiger partial charge on any atom is -0.453 e. The van der Waals surface area contributed by atoms with Gasteiger partial charge in [-0.3, -0.25) is 4.79 Å². The maximum absolute atomic E-state index is 12.4. The van der Waals surface area contributed by atoms with Gasteiger partial charge in [-0.05, 0) is 53.2 Å². The smallest absolute Gasteiger partial charge is 0.306 e. The number of carbonyl (C=O) groups is 1. The molecule has 0 saturated carbocycles. The average molecular weight is 351 g/mol. The number of esters is 1. The van der Waals surface area contributed by atoms with E-state index in [-0.39, 0.29) is 12.1 Å². The number of hydrogen-bond acceptors (Lipinski definition) is 2. The van der Waals surface area contributed by atoms with Crippen molar-refractivity contribution in [3.05, 3.63) is 53.6 Å². The quantitative estimate of drug-likeness (QED) is 0.487. The average Bonchev–Trinajstić information content (AvgIpc) is 2.62. The standard InChI is InChI=1S/C24H30O2/c1-4-5-10-19-16-22(26-23(25)15-6-9-17(2)3)21-14-8-12-18-11-7-13-20(19)24(18)21/h7-8,11-14,16-17,22H,4-6,9-10,15H2,1-3H3. The van der Waals surface area contributed by atoms with Gasteiger partial charge in [-0.25, -0.2) is 0 Å². The van der Waals surface area contributed by atoms with Crippen LogP contribution in [0, 0.1) is 5.92 Å². The fourth-order valence-electron chi connectivity index (χ4n) is 3.77. The summed E-state index contributed by atoms with van der Waals surface area (Å²) in [6, 6.07) is 12.8. The molecule has 1 unspecified atom stereocenters. The van der Waals surface area contributed by atoms with Crippen molar-refractivity contribution in [3.63, 3.8) is 0 Å². The minimum atomic E-state index is -0.257. The molecule has 0 spiro atoms. The van der Waals surface area contributed by atoms with E-state index in [1.165, 1.54) is 21.9 Å². The molecule has 1 atom stereocenters. The molecule has 0 fully saturated rings. The summed E-state index contributed by atoms with van der Waals surface area (Å²) in [5.74, 6) is 0.539. The fourth-order valence-corrected chi connectivity index (χ4v) is 3.77. The number of rotatable bonds is 8. The van der Waals surface area contributed by atoms with Crippen molar-refractivity contribution < 1.29 is 9.53 Å². The summed E-state index contributed by atoms with van der Waals surface area (Å²) < 4.78 is 5.92. The number of carbonyl (C=O) groups excluding carboxylic acids is 1. The first-order chi connectivity index (χ1) is 12.6. The van der Waals surface area contributed by atoms with Crippen LogP contribution >= 0.6 is 0 Å². The van der Waals surface area contributed by atoms with E-state index < -0.39 is 0 Å². The Morgan fingerprint density at radius 2 is 1.88 bits per heavy atom. The number of benzene rings is 2. The van der Waals surface area contributed by atoms with E-state index in [1.807, 2.05) is 0 Å². The molecule has 0 N–H and O–H groups in total. The van der Waals surface area contributed by atoms with Crippen LogP contribution in [0.25, 0.3) is 16.3 Å². The summed E-state index contributed by atoms with van der Waals surface area (Å²) in [7, 11) is 0. The number of allylic oxidation sites excluding steroid dienone is 1. The first kappa shape index (κ1) is 18.7. The Morgan fingerprint density at radius 1 is 1.12 bits per heavy atom. The second kappa shape index (κ2) is 8.53. The highest BCUT2D eigenvalue weighted by atomic mass is 16.5. The second-order valence-corrected chi connectivity index (χ2v) is 7.74. The first-order valence-electron chi connectivity index (χ1n) is 10.0. The molecule has 2 aromatic carbocycles. The van der Waals surface area contributed by atoms with Crippen LogP contribution in [0.1, 0.15) is 76.5 Å². The lowest BCUT2D eigenvalue weighted by atomic mass is 9.85. The molecule has 26 heavy (non-hydrogen) atoms. The van der Waals surface area contributed by atoms with Gasteiger partial charge in [0.15, 0.2) is 0 Å². The van der Waals surface area contributed by atoms with Crippen molar-refractivity contribution in [2.24, 2.45) is 5.92 Å². The molecule has 3 rings (SSSR count). The molecule has 1 aliphatic rings. The van der Waals surface area contributed by atoms with Gasteiger partial charge in [0.05, 0.1) is 0 Å². The van der Waals surface area contributed by atoms with E-state index in [2.05, 4.69) is 63.2 Å². The molecule has 0 bridgehead atoms. The van der Waals surface area contributed by atoms with Gasteiger partial charge < -0.3 is 4.74 Å². The van der Waals surface area contributed by atoms with Crippen molar-refractivity contribution in [3.8, 4) is 0 Å². The monoisotopic (exact) mass is 350 g/mol. The molecule has 0 amide bonds. The van der Waals surface area contributed by atoms with Crippen molar-refractivity contribution >= 4 is 22.3 Å². The maximum Gasteiger partial charge on any atom is 0.306 e.